The molecule has 0 aromatic heterocycles. The molecular formula is C12H17FN2O2. The average molecular weight is 240 g/mol. The van der Waals surface area contributed by atoms with Gasteiger partial charge in [-0.1, -0.05) is 0 Å². The van der Waals surface area contributed by atoms with Gasteiger partial charge in [0.25, 0.3) is 0 Å². The monoisotopic (exact) mass is 240 g/mol. The number of benzene rings is 1. The van der Waals surface area contributed by atoms with Crippen LogP contribution in [-0.4, -0.2) is 13.2 Å². The first kappa shape index (κ1) is 12.1. The molecule has 0 spiro atoms. The van der Waals surface area contributed by atoms with E-state index in [-0.39, 0.29) is 11.9 Å². The van der Waals surface area contributed by atoms with E-state index in [1.165, 1.54) is 6.07 Å². The summed E-state index contributed by atoms with van der Waals surface area (Å²) >= 11 is 0. The average Bonchev–Trinajstić information content (AvgIpc) is 2.66. The lowest BCUT2D eigenvalue weighted by molar-refractivity contribution is 0.273. The summed E-state index contributed by atoms with van der Waals surface area (Å²) in [7, 11) is 0. The van der Waals surface area contributed by atoms with Crippen molar-refractivity contribution in [2.45, 2.75) is 26.6 Å². The maximum absolute atomic E-state index is 13.9. The normalized spacial score (nSPS) is 18.0. The molecule has 1 aromatic rings. The first-order valence-corrected chi connectivity index (χ1v) is 5.78. The predicted octanol–water partition coefficient (Wildman–Crippen LogP) is 1.68. The molecule has 94 valence electrons. The minimum atomic E-state index is -0.423. The van der Waals surface area contributed by atoms with Gasteiger partial charge in [0.15, 0.2) is 17.3 Å². The van der Waals surface area contributed by atoms with Crippen molar-refractivity contribution in [1.29, 1.82) is 0 Å². The van der Waals surface area contributed by atoms with E-state index >= 15 is 0 Å². The lowest BCUT2D eigenvalue weighted by Gasteiger charge is -2.15. The first-order valence-electron chi connectivity index (χ1n) is 5.78. The van der Waals surface area contributed by atoms with E-state index in [1.54, 1.807) is 0 Å². The summed E-state index contributed by atoms with van der Waals surface area (Å²) in [5.74, 6) is 0.238. The highest BCUT2D eigenvalue weighted by Gasteiger charge is 2.27. The molecule has 0 amide bonds. The Morgan fingerprint density at radius 3 is 2.65 bits per heavy atom. The SMILES string of the molecule is CCOc1c(F)cc2c(c1OCC)CNC2N. The van der Waals surface area contributed by atoms with Crippen molar-refractivity contribution in [2.75, 3.05) is 13.2 Å². The van der Waals surface area contributed by atoms with Gasteiger partial charge in [-0.05, 0) is 25.5 Å². The Morgan fingerprint density at radius 1 is 1.35 bits per heavy atom. The second kappa shape index (κ2) is 4.89. The summed E-state index contributed by atoms with van der Waals surface area (Å²) in [6, 6.07) is 1.42. The van der Waals surface area contributed by atoms with Gasteiger partial charge in [-0.25, -0.2) is 4.39 Å². The van der Waals surface area contributed by atoms with Crippen LogP contribution >= 0.6 is 0 Å². The standard InChI is InChI=1S/C12H17FN2O2/c1-3-16-10-8-6-15-12(14)7(8)5-9(13)11(10)17-4-2/h5,12,15H,3-4,6,14H2,1-2H3. The third-order valence-corrected chi connectivity index (χ3v) is 2.74. The molecule has 1 unspecified atom stereocenters. The fourth-order valence-electron chi connectivity index (χ4n) is 2.02. The maximum Gasteiger partial charge on any atom is 0.197 e. The van der Waals surface area contributed by atoms with Crippen LogP contribution in [0.25, 0.3) is 0 Å². The van der Waals surface area contributed by atoms with Crippen molar-refractivity contribution < 1.29 is 13.9 Å². The van der Waals surface area contributed by atoms with Crippen molar-refractivity contribution in [1.82, 2.24) is 5.32 Å². The molecule has 1 aliphatic heterocycles. The van der Waals surface area contributed by atoms with Gasteiger partial charge in [0.05, 0.1) is 19.4 Å². The summed E-state index contributed by atoms with van der Waals surface area (Å²) in [5, 5.41) is 3.06. The Hall–Kier alpha value is -1.33. The van der Waals surface area contributed by atoms with E-state index < -0.39 is 5.82 Å². The summed E-state index contributed by atoms with van der Waals surface area (Å²) in [6.45, 7) is 5.11. The summed E-state index contributed by atoms with van der Waals surface area (Å²) in [4.78, 5) is 0. The molecule has 3 N–H and O–H groups in total. The number of nitrogens with one attached hydrogen (secondary N) is 1. The summed E-state index contributed by atoms with van der Waals surface area (Å²) < 4.78 is 24.7. The van der Waals surface area contributed by atoms with Crippen LogP contribution in [0.5, 0.6) is 11.5 Å². The fraction of sp³-hybridized carbons (Fsp3) is 0.500. The number of halogens is 1. The van der Waals surface area contributed by atoms with Crippen molar-refractivity contribution in [3.8, 4) is 11.5 Å². The molecule has 0 radical (unpaired) electrons. The minimum Gasteiger partial charge on any atom is -0.490 e. The van der Waals surface area contributed by atoms with Gasteiger partial charge in [0.1, 0.15) is 0 Å². The van der Waals surface area contributed by atoms with Gasteiger partial charge in [0, 0.05) is 12.1 Å². The summed E-state index contributed by atoms with van der Waals surface area (Å²) in [6.07, 6.45) is -0.339. The van der Waals surface area contributed by atoms with Crippen molar-refractivity contribution in [3.05, 3.63) is 23.0 Å². The molecule has 4 nitrogen and oxygen atoms in total. The highest BCUT2D eigenvalue weighted by molar-refractivity contribution is 5.54. The largest absolute Gasteiger partial charge is 0.490 e. The molecule has 0 saturated carbocycles. The molecule has 1 aliphatic rings. The molecule has 0 saturated heterocycles. The van der Waals surface area contributed by atoms with Crippen LogP contribution < -0.4 is 20.5 Å². The fourth-order valence-corrected chi connectivity index (χ4v) is 2.02. The number of ether oxygens (including phenoxy) is 2. The molecule has 1 aromatic carbocycles. The number of fused-ring (bicyclic) bond motifs is 1. The van der Waals surface area contributed by atoms with E-state index in [0.717, 1.165) is 11.1 Å². The summed E-state index contributed by atoms with van der Waals surface area (Å²) in [5.41, 5.74) is 7.47. The quantitative estimate of drug-likeness (QED) is 0.840. The van der Waals surface area contributed by atoms with Crippen LogP contribution in [-0.2, 0) is 6.54 Å². The zero-order chi connectivity index (χ0) is 12.4. The zero-order valence-corrected chi connectivity index (χ0v) is 10.0. The van der Waals surface area contributed by atoms with E-state index in [2.05, 4.69) is 5.32 Å². The van der Waals surface area contributed by atoms with E-state index in [0.29, 0.717) is 25.5 Å². The molecule has 0 fully saturated rings. The lowest BCUT2D eigenvalue weighted by Crippen LogP contribution is -2.20. The molecule has 0 aliphatic carbocycles. The molecule has 1 atom stereocenters. The van der Waals surface area contributed by atoms with Gasteiger partial charge in [0.2, 0.25) is 0 Å². The molecule has 2 rings (SSSR count). The molecule has 17 heavy (non-hydrogen) atoms. The molecule has 5 heteroatoms. The second-order valence-electron chi connectivity index (χ2n) is 3.81. The van der Waals surface area contributed by atoms with Gasteiger partial charge in [-0.3, -0.25) is 5.32 Å². The van der Waals surface area contributed by atoms with E-state index in [9.17, 15) is 4.39 Å². The van der Waals surface area contributed by atoms with Crippen LogP contribution in [0.4, 0.5) is 4.39 Å². The number of rotatable bonds is 4. The van der Waals surface area contributed by atoms with Crippen LogP contribution in [0.15, 0.2) is 6.07 Å². The van der Waals surface area contributed by atoms with Crippen molar-refractivity contribution in [2.24, 2.45) is 5.73 Å². The number of hydrogen-bond acceptors (Lipinski definition) is 4. The minimum absolute atomic E-state index is 0.184. The van der Waals surface area contributed by atoms with Gasteiger partial charge in [-0.2, -0.15) is 0 Å². The van der Waals surface area contributed by atoms with Crippen LogP contribution in [0.2, 0.25) is 0 Å². The third-order valence-electron chi connectivity index (χ3n) is 2.74. The predicted molar refractivity (Wildman–Crippen MR) is 62.5 cm³/mol. The van der Waals surface area contributed by atoms with Gasteiger partial charge >= 0.3 is 0 Å². The van der Waals surface area contributed by atoms with Gasteiger partial charge in [-0.15, -0.1) is 0 Å². The first-order chi connectivity index (χ1) is 8.19. The van der Waals surface area contributed by atoms with Crippen LogP contribution in [0, 0.1) is 5.82 Å². The second-order valence-corrected chi connectivity index (χ2v) is 3.81. The Labute approximate surface area is 99.9 Å². The van der Waals surface area contributed by atoms with Crippen LogP contribution in [0.1, 0.15) is 31.1 Å². The van der Waals surface area contributed by atoms with E-state index in [1.807, 2.05) is 13.8 Å². The third kappa shape index (κ3) is 2.08. The zero-order valence-electron chi connectivity index (χ0n) is 10.0. The molecular weight excluding hydrogens is 223 g/mol. The number of nitrogens with two attached hydrogens (primary N) is 1. The molecule has 1 heterocycles. The maximum atomic E-state index is 13.9. The Morgan fingerprint density at radius 2 is 2.00 bits per heavy atom. The molecule has 0 bridgehead atoms. The van der Waals surface area contributed by atoms with Gasteiger partial charge < -0.3 is 15.2 Å². The number of hydrogen-bond donors (Lipinski definition) is 2. The highest BCUT2D eigenvalue weighted by Crippen LogP contribution is 2.40. The van der Waals surface area contributed by atoms with Crippen molar-refractivity contribution in [3.63, 3.8) is 0 Å². The highest BCUT2D eigenvalue weighted by atomic mass is 19.1. The topological polar surface area (TPSA) is 56.5 Å². The smallest absolute Gasteiger partial charge is 0.197 e. The lowest BCUT2D eigenvalue weighted by atomic mass is 10.1. The van der Waals surface area contributed by atoms with Crippen molar-refractivity contribution >= 4 is 0 Å². The Bertz CT molecular complexity index is 423. The van der Waals surface area contributed by atoms with Crippen LogP contribution in [0.3, 0.4) is 0 Å². The van der Waals surface area contributed by atoms with E-state index in [4.69, 9.17) is 15.2 Å². The Kier molecular flexibility index (Phi) is 3.49. The Balaban J connectivity index is 2.53.